The summed E-state index contributed by atoms with van der Waals surface area (Å²) in [6, 6.07) is 0. The Morgan fingerprint density at radius 1 is 1.06 bits per heavy atom. The summed E-state index contributed by atoms with van der Waals surface area (Å²) in [5.41, 5.74) is 0. The summed E-state index contributed by atoms with van der Waals surface area (Å²) < 4.78 is 11.5. The van der Waals surface area contributed by atoms with Crippen LogP contribution in [0.4, 0.5) is 0 Å². The maximum Gasteiger partial charge on any atom is 0.305 e. The molecule has 1 fully saturated rings. The number of hydrogen-bond donors (Lipinski definition) is 1. The number of Topliss-reactive ketones (excluding diaryl/α,β-unsaturated/α-hetero) is 1. The quantitative estimate of drug-likeness (QED) is 0.116. The Kier molecular flexibility index (Phi) is 13.8. The number of hydrogen-bond acceptors (Lipinski definition) is 5. The van der Waals surface area contributed by atoms with Crippen molar-refractivity contribution in [3.05, 3.63) is 12.2 Å². The van der Waals surface area contributed by atoms with Gasteiger partial charge in [0.1, 0.15) is 5.78 Å². The van der Waals surface area contributed by atoms with E-state index in [1.54, 1.807) is 0 Å². The highest BCUT2D eigenvalue weighted by molar-refractivity contribution is 6.74. The second-order valence-electron chi connectivity index (χ2n) is 11.2. The lowest BCUT2D eigenvalue weighted by molar-refractivity contribution is -0.140. The van der Waals surface area contributed by atoms with Gasteiger partial charge in [-0.25, -0.2) is 0 Å². The van der Waals surface area contributed by atoms with Gasteiger partial charge < -0.3 is 14.3 Å². The second-order valence-corrected chi connectivity index (χ2v) is 15.9. The van der Waals surface area contributed by atoms with Gasteiger partial charge in [-0.1, -0.05) is 65.0 Å². The molecule has 0 aliphatic heterocycles. The molecule has 5 nitrogen and oxygen atoms in total. The maximum absolute atomic E-state index is 13.0. The largest absolute Gasteiger partial charge is 0.469 e. The highest BCUT2D eigenvalue weighted by atomic mass is 28.4. The number of allylic oxidation sites excluding steroid dienone is 1. The fraction of sp³-hybridized carbons (Fsp3) is 0.852. The number of rotatable bonds is 16. The van der Waals surface area contributed by atoms with Gasteiger partial charge in [0.05, 0.1) is 13.2 Å². The van der Waals surface area contributed by atoms with E-state index in [0.29, 0.717) is 18.6 Å². The van der Waals surface area contributed by atoms with Crippen LogP contribution >= 0.6 is 0 Å². The van der Waals surface area contributed by atoms with E-state index in [1.807, 2.05) is 0 Å². The minimum absolute atomic E-state index is 0.00615. The van der Waals surface area contributed by atoms with Crippen molar-refractivity contribution in [3.63, 3.8) is 0 Å². The summed E-state index contributed by atoms with van der Waals surface area (Å²) in [5.74, 6) is 0.421. The third kappa shape index (κ3) is 10.9. The standard InChI is InChI=1S/C27H50O5Si/c1-27(2,3)33(5,6)32-25-21-24(29)22(17-13-10-11-15-19-26(30)31-4)23(25)18-14-9-7-8-12-16-20-28/h14,18,22-23,25,28H,7-13,15-17,19-21H2,1-6H3/t22-,23-,25-/m1/s1. The molecule has 0 radical (unpaired) electrons. The number of methoxy groups -OCH3 is 1. The van der Waals surface area contributed by atoms with Crippen LogP contribution in [-0.2, 0) is 18.8 Å². The Bertz CT molecular complexity index is 608. The second kappa shape index (κ2) is 15.1. The molecule has 1 N–H and O–H groups in total. The summed E-state index contributed by atoms with van der Waals surface area (Å²) >= 11 is 0. The summed E-state index contributed by atoms with van der Waals surface area (Å²) in [5, 5.41) is 9.04. The van der Waals surface area contributed by atoms with Crippen LogP contribution in [0.5, 0.6) is 0 Å². The summed E-state index contributed by atoms with van der Waals surface area (Å²) in [6.07, 6.45) is 15.6. The van der Waals surface area contributed by atoms with E-state index in [9.17, 15) is 9.59 Å². The molecule has 1 aliphatic rings. The Morgan fingerprint density at radius 2 is 1.70 bits per heavy atom. The average Bonchev–Trinajstić information content (AvgIpc) is 3.02. The first-order valence-corrected chi connectivity index (χ1v) is 16.0. The van der Waals surface area contributed by atoms with Crippen LogP contribution in [-0.4, -0.2) is 45.0 Å². The molecule has 0 aromatic carbocycles. The highest BCUT2D eigenvalue weighted by Crippen LogP contribution is 2.43. The first kappa shape index (κ1) is 30.0. The van der Waals surface area contributed by atoms with Crippen molar-refractivity contribution in [1.82, 2.24) is 0 Å². The van der Waals surface area contributed by atoms with Gasteiger partial charge in [0.15, 0.2) is 8.32 Å². The molecule has 0 amide bonds. The van der Waals surface area contributed by atoms with Crippen LogP contribution in [0, 0.1) is 11.8 Å². The SMILES string of the molecule is COC(=O)CCCCCC[C@H]1C(=O)C[C@@H](O[Si](C)(C)C(C)(C)C)[C@@H]1C=CCCCCCCO. The molecular weight excluding hydrogens is 432 g/mol. The van der Waals surface area contributed by atoms with Gasteiger partial charge in [-0.2, -0.15) is 0 Å². The maximum atomic E-state index is 13.0. The van der Waals surface area contributed by atoms with Gasteiger partial charge in [0, 0.05) is 31.3 Å². The van der Waals surface area contributed by atoms with E-state index < -0.39 is 8.32 Å². The molecule has 1 aliphatic carbocycles. The predicted octanol–water partition coefficient (Wildman–Crippen LogP) is 6.59. The van der Waals surface area contributed by atoms with Crippen LogP contribution in [0.1, 0.15) is 97.8 Å². The van der Waals surface area contributed by atoms with Crippen molar-refractivity contribution in [3.8, 4) is 0 Å². The van der Waals surface area contributed by atoms with E-state index in [2.05, 4.69) is 46.0 Å². The number of ether oxygens (including phenoxy) is 1. The number of ketones is 1. The normalized spacial score (nSPS) is 21.8. The molecule has 0 saturated heterocycles. The minimum atomic E-state index is -1.96. The lowest BCUT2D eigenvalue weighted by atomic mass is 9.88. The monoisotopic (exact) mass is 482 g/mol. The summed E-state index contributed by atoms with van der Waals surface area (Å²) in [4.78, 5) is 24.3. The molecule has 6 heteroatoms. The van der Waals surface area contributed by atoms with Gasteiger partial charge in [-0.15, -0.1) is 0 Å². The van der Waals surface area contributed by atoms with Crippen LogP contribution in [0.3, 0.4) is 0 Å². The van der Waals surface area contributed by atoms with Crippen molar-refractivity contribution >= 4 is 20.1 Å². The molecular formula is C27H50O5Si. The lowest BCUT2D eigenvalue weighted by Gasteiger charge is -2.39. The molecule has 192 valence electrons. The molecule has 0 aromatic rings. The zero-order valence-corrected chi connectivity index (χ0v) is 23.2. The zero-order valence-electron chi connectivity index (χ0n) is 22.2. The number of aliphatic hydroxyl groups excluding tert-OH is 1. The van der Waals surface area contributed by atoms with Crippen molar-refractivity contribution < 1.29 is 23.9 Å². The summed E-state index contributed by atoms with van der Waals surface area (Å²) in [7, 11) is -0.528. The molecule has 0 spiro atoms. The van der Waals surface area contributed by atoms with Gasteiger partial charge in [0.25, 0.3) is 0 Å². The minimum Gasteiger partial charge on any atom is -0.469 e. The Labute approximate surface area is 203 Å². The zero-order chi connectivity index (χ0) is 24.9. The van der Waals surface area contributed by atoms with Gasteiger partial charge in [-0.3, -0.25) is 9.59 Å². The van der Waals surface area contributed by atoms with Gasteiger partial charge >= 0.3 is 5.97 Å². The smallest absolute Gasteiger partial charge is 0.305 e. The average molecular weight is 483 g/mol. The third-order valence-corrected chi connectivity index (χ3v) is 12.0. The Hall–Kier alpha value is -0.983. The number of carbonyl (C=O) groups is 2. The fourth-order valence-electron chi connectivity index (χ4n) is 4.32. The van der Waals surface area contributed by atoms with Crippen LogP contribution in [0.15, 0.2) is 12.2 Å². The number of aliphatic hydroxyl groups is 1. The number of unbranched alkanes of at least 4 members (excludes halogenated alkanes) is 7. The number of esters is 1. The third-order valence-electron chi connectivity index (χ3n) is 7.47. The first-order chi connectivity index (χ1) is 15.5. The molecule has 1 rings (SSSR count). The van der Waals surface area contributed by atoms with Gasteiger partial charge in [-0.05, 0) is 50.2 Å². The van der Waals surface area contributed by atoms with Crippen LogP contribution in [0.25, 0.3) is 0 Å². The van der Waals surface area contributed by atoms with Crippen LogP contribution in [0.2, 0.25) is 18.1 Å². The molecule has 0 unspecified atom stereocenters. The van der Waals surface area contributed by atoms with E-state index in [-0.39, 0.29) is 35.6 Å². The molecule has 0 heterocycles. The molecule has 3 atom stereocenters. The van der Waals surface area contributed by atoms with Crippen molar-refractivity contribution in [1.29, 1.82) is 0 Å². The lowest BCUT2D eigenvalue weighted by Crippen LogP contribution is -2.45. The summed E-state index contributed by atoms with van der Waals surface area (Å²) in [6.45, 7) is 11.6. The Morgan fingerprint density at radius 3 is 2.33 bits per heavy atom. The topological polar surface area (TPSA) is 72.8 Å². The van der Waals surface area contributed by atoms with E-state index in [4.69, 9.17) is 14.3 Å². The molecule has 1 saturated carbocycles. The predicted molar refractivity (Wildman–Crippen MR) is 138 cm³/mol. The van der Waals surface area contributed by atoms with E-state index in [1.165, 1.54) is 7.11 Å². The van der Waals surface area contributed by atoms with E-state index >= 15 is 0 Å². The fourth-order valence-corrected chi connectivity index (χ4v) is 5.67. The van der Waals surface area contributed by atoms with E-state index in [0.717, 1.165) is 64.2 Å². The van der Waals surface area contributed by atoms with Crippen LogP contribution < -0.4 is 0 Å². The number of carbonyl (C=O) groups excluding carboxylic acids is 2. The van der Waals surface area contributed by atoms with Crippen molar-refractivity contribution in [2.75, 3.05) is 13.7 Å². The van der Waals surface area contributed by atoms with Gasteiger partial charge in [0.2, 0.25) is 0 Å². The Balaban J connectivity index is 2.70. The van der Waals surface area contributed by atoms with Crippen molar-refractivity contribution in [2.45, 2.75) is 122 Å². The van der Waals surface area contributed by atoms with Crippen molar-refractivity contribution in [2.24, 2.45) is 11.8 Å². The molecule has 0 bridgehead atoms. The first-order valence-electron chi connectivity index (χ1n) is 13.1. The highest BCUT2D eigenvalue weighted by Gasteiger charge is 2.46. The molecule has 33 heavy (non-hydrogen) atoms. The molecule has 0 aromatic heterocycles.